The van der Waals surface area contributed by atoms with Crippen molar-refractivity contribution in [1.82, 2.24) is 4.57 Å². The van der Waals surface area contributed by atoms with Crippen molar-refractivity contribution in [3.05, 3.63) is 76.3 Å². The Morgan fingerprint density at radius 1 is 0.844 bits per heavy atom. The molecule has 0 aliphatic carbocycles. The van der Waals surface area contributed by atoms with Gasteiger partial charge in [0.2, 0.25) is 0 Å². The zero-order valence-electron chi connectivity index (χ0n) is 20.9. The Morgan fingerprint density at radius 3 is 2.03 bits per heavy atom. The topological polar surface area (TPSA) is 12.1 Å². The molecule has 1 aromatic heterocycles. The highest BCUT2D eigenvalue weighted by Gasteiger charge is 2.30. The molecule has 166 valence electrons. The van der Waals surface area contributed by atoms with Crippen LogP contribution in [0, 0.1) is 34.6 Å². The summed E-state index contributed by atoms with van der Waals surface area (Å²) in [5.74, 6) is 1.22. The van der Waals surface area contributed by atoms with Crippen LogP contribution in [-0.4, -0.2) is 11.6 Å². The third kappa shape index (κ3) is 3.50. The lowest BCUT2D eigenvalue weighted by atomic mass is 9.93. The number of anilines is 2. The summed E-state index contributed by atoms with van der Waals surface area (Å²) in [5, 5.41) is 0. The Kier molecular flexibility index (Phi) is 5.85. The van der Waals surface area contributed by atoms with Crippen LogP contribution in [-0.2, 0) is 13.6 Å². The number of nitrogens with zero attached hydrogens (tertiary/aromatic N) is 3. The lowest BCUT2D eigenvalue weighted by molar-refractivity contribution is -0.631. The molecule has 0 unspecified atom stereocenters. The van der Waals surface area contributed by atoms with Crippen LogP contribution in [0.4, 0.5) is 11.6 Å². The summed E-state index contributed by atoms with van der Waals surface area (Å²) in [4.78, 5) is 2.37. The molecule has 0 amide bonds. The smallest absolute Gasteiger partial charge is 0.233 e. The van der Waals surface area contributed by atoms with E-state index in [9.17, 15) is 0 Å². The predicted octanol–water partition coefficient (Wildman–Crippen LogP) is 6.85. The molecule has 32 heavy (non-hydrogen) atoms. The van der Waals surface area contributed by atoms with Crippen molar-refractivity contribution in [2.45, 2.75) is 54.5 Å². The van der Waals surface area contributed by atoms with E-state index >= 15 is 0 Å². The minimum Gasteiger partial charge on any atom is -0.233 e. The van der Waals surface area contributed by atoms with Crippen molar-refractivity contribution in [2.24, 2.45) is 7.05 Å². The highest BCUT2D eigenvalue weighted by molar-refractivity contribution is 5.93. The van der Waals surface area contributed by atoms with Crippen LogP contribution in [0.25, 0.3) is 22.2 Å². The normalized spacial score (nSPS) is 11.4. The number of benzene rings is 3. The third-order valence-corrected chi connectivity index (χ3v) is 6.65. The number of hydrogen-bond donors (Lipinski definition) is 0. The summed E-state index contributed by atoms with van der Waals surface area (Å²) in [7, 11) is 4.42. The van der Waals surface area contributed by atoms with Crippen molar-refractivity contribution >= 4 is 22.7 Å². The van der Waals surface area contributed by atoms with Gasteiger partial charge in [-0.25, -0.2) is 14.0 Å². The molecule has 0 aliphatic rings. The van der Waals surface area contributed by atoms with E-state index in [1.54, 1.807) is 0 Å². The first-order valence-corrected chi connectivity index (χ1v) is 11.7. The highest BCUT2D eigenvalue weighted by Crippen LogP contribution is 2.36. The van der Waals surface area contributed by atoms with Crippen LogP contribution < -0.4 is 9.47 Å². The monoisotopic (exact) mass is 426 g/mol. The molecule has 0 fully saturated rings. The zero-order valence-corrected chi connectivity index (χ0v) is 20.9. The average Bonchev–Trinajstić information content (AvgIpc) is 3.00. The fourth-order valence-electron chi connectivity index (χ4n) is 5.58. The van der Waals surface area contributed by atoms with E-state index in [-0.39, 0.29) is 0 Å². The van der Waals surface area contributed by atoms with Gasteiger partial charge < -0.3 is 0 Å². The van der Waals surface area contributed by atoms with Crippen molar-refractivity contribution in [3.63, 3.8) is 0 Å². The molecule has 3 heteroatoms. The van der Waals surface area contributed by atoms with Crippen molar-refractivity contribution < 1.29 is 4.57 Å². The Bertz CT molecular complexity index is 1270. The summed E-state index contributed by atoms with van der Waals surface area (Å²) in [6.45, 7) is 14.3. The number of fused-ring (bicyclic) bond motifs is 1. The minimum atomic E-state index is 0.983. The van der Waals surface area contributed by atoms with Gasteiger partial charge in [-0.15, -0.1) is 0 Å². The van der Waals surface area contributed by atoms with E-state index in [4.69, 9.17) is 0 Å². The average molecular weight is 427 g/mol. The van der Waals surface area contributed by atoms with Gasteiger partial charge in [-0.05, 0) is 74.9 Å². The van der Waals surface area contributed by atoms with E-state index in [0.717, 1.165) is 13.0 Å². The summed E-state index contributed by atoms with van der Waals surface area (Å²) < 4.78 is 4.88. The van der Waals surface area contributed by atoms with Crippen LogP contribution in [0.1, 0.15) is 41.2 Å². The van der Waals surface area contributed by atoms with E-state index < -0.39 is 0 Å². The molecule has 0 bridgehead atoms. The Hall–Kier alpha value is -3.07. The van der Waals surface area contributed by atoms with Crippen LogP contribution >= 0.6 is 0 Å². The maximum Gasteiger partial charge on any atom is 0.365 e. The maximum absolute atomic E-state index is 2.49. The molecule has 0 aliphatic heterocycles. The Labute approximate surface area is 192 Å². The standard InChI is InChI=1S/C29H36N3/c1-9-16-32-25-15-11-14-24(26-22(5)17-19(2)18-23(26)6)28(25)31(8)29(32)30(7)27-20(3)12-10-13-21(27)4/h10-15,17-18H,9,16H2,1-8H3/q+1. The molecule has 4 rings (SSSR count). The van der Waals surface area contributed by atoms with Gasteiger partial charge in [0.05, 0.1) is 20.6 Å². The quantitative estimate of drug-likeness (QED) is 0.318. The van der Waals surface area contributed by atoms with Crippen molar-refractivity contribution in [1.29, 1.82) is 0 Å². The molecule has 0 N–H and O–H groups in total. The van der Waals surface area contributed by atoms with Gasteiger partial charge in [0.15, 0.2) is 0 Å². The second kappa shape index (κ2) is 8.46. The van der Waals surface area contributed by atoms with E-state index in [1.165, 1.54) is 61.6 Å². The number of aryl methyl sites for hydroxylation is 7. The number of rotatable bonds is 5. The number of para-hydroxylation sites is 2. The summed E-state index contributed by atoms with van der Waals surface area (Å²) >= 11 is 0. The summed E-state index contributed by atoms with van der Waals surface area (Å²) in [6, 6.07) is 17.9. The molecule has 1 heterocycles. The minimum absolute atomic E-state index is 0.983. The lowest BCUT2D eigenvalue weighted by Gasteiger charge is -2.19. The van der Waals surface area contributed by atoms with Gasteiger partial charge in [-0.2, -0.15) is 0 Å². The maximum atomic E-state index is 2.49. The summed E-state index contributed by atoms with van der Waals surface area (Å²) in [5.41, 5.74) is 13.1. The fraction of sp³-hybridized carbons (Fsp3) is 0.345. The molecular weight excluding hydrogens is 390 g/mol. The van der Waals surface area contributed by atoms with Crippen molar-refractivity contribution in [3.8, 4) is 11.1 Å². The van der Waals surface area contributed by atoms with E-state index in [0.29, 0.717) is 0 Å². The first-order chi connectivity index (χ1) is 15.3. The molecule has 3 nitrogen and oxygen atoms in total. The van der Waals surface area contributed by atoms with Gasteiger partial charge >= 0.3 is 5.95 Å². The third-order valence-electron chi connectivity index (χ3n) is 6.65. The Morgan fingerprint density at radius 2 is 1.44 bits per heavy atom. The summed E-state index contributed by atoms with van der Waals surface area (Å²) in [6.07, 6.45) is 1.09. The van der Waals surface area contributed by atoms with Gasteiger partial charge in [0, 0.05) is 5.56 Å². The first-order valence-electron chi connectivity index (χ1n) is 11.7. The molecule has 3 aromatic carbocycles. The molecule has 4 aromatic rings. The van der Waals surface area contributed by atoms with Gasteiger partial charge in [0.25, 0.3) is 0 Å². The molecule has 0 atom stereocenters. The van der Waals surface area contributed by atoms with Gasteiger partial charge in [-0.1, -0.05) is 55.0 Å². The SMILES string of the molecule is CCCn1c(N(C)c2c(C)cccc2C)[n+](C)c2c(-c3c(C)cc(C)cc3C)cccc21. The predicted molar refractivity (Wildman–Crippen MR) is 137 cm³/mol. The van der Waals surface area contributed by atoms with E-state index in [2.05, 4.69) is 118 Å². The van der Waals surface area contributed by atoms with Crippen molar-refractivity contribution in [2.75, 3.05) is 11.9 Å². The van der Waals surface area contributed by atoms with Crippen LogP contribution in [0.15, 0.2) is 48.5 Å². The van der Waals surface area contributed by atoms with Gasteiger partial charge in [0.1, 0.15) is 16.7 Å². The molecule has 0 saturated carbocycles. The molecular formula is C29H36N3+. The molecule has 0 radical (unpaired) electrons. The number of hydrogen-bond acceptors (Lipinski definition) is 1. The van der Waals surface area contributed by atoms with Gasteiger partial charge in [-0.3, -0.25) is 0 Å². The molecule has 0 spiro atoms. The number of aromatic nitrogens is 2. The second-order valence-electron chi connectivity index (χ2n) is 9.26. The highest BCUT2D eigenvalue weighted by atomic mass is 15.3. The number of imidazole rings is 1. The second-order valence-corrected chi connectivity index (χ2v) is 9.26. The molecule has 0 saturated heterocycles. The fourth-order valence-corrected chi connectivity index (χ4v) is 5.58. The largest absolute Gasteiger partial charge is 0.365 e. The van der Waals surface area contributed by atoms with Crippen LogP contribution in [0.2, 0.25) is 0 Å². The Balaban J connectivity index is 2.06. The van der Waals surface area contributed by atoms with Crippen LogP contribution in [0.5, 0.6) is 0 Å². The lowest BCUT2D eigenvalue weighted by Crippen LogP contribution is -2.36. The van der Waals surface area contributed by atoms with E-state index in [1.807, 2.05) is 0 Å². The zero-order chi connectivity index (χ0) is 23.2. The van der Waals surface area contributed by atoms with Crippen LogP contribution in [0.3, 0.4) is 0 Å². The first kappa shape index (κ1) is 22.1.